The minimum Gasteiger partial charge on any atom is -0.356 e. The molecular weight excluding hydrogens is 390 g/mol. The third-order valence-electron chi connectivity index (χ3n) is 5.43. The van der Waals surface area contributed by atoms with Gasteiger partial charge in [-0.05, 0) is 38.3 Å². The van der Waals surface area contributed by atoms with Crippen LogP contribution in [0.3, 0.4) is 0 Å². The molecule has 1 saturated carbocycles. The summed E-state index contributed by atoms with van der Waals surface area (Å²) in [7, 11) is -3.73. The van der Waals surface area contributed by atoms with Crippen LogP contribution in [0.5, 0.6) is 0 Å². The molecule has 1 N–H and O–H groups in total. The maximum atomic E-state index is 13.0. The predicted molar refractivity (Wildman–Crippen MR) is 108 cm³/mol. The highest BCUT2D eigenvalue weighted by Crippen LogP contribution is 2.29. The van der Waals surface area contributed by atoms with Crippen molar-refractivity contribution in [1.82, 2.24) is 24.6 Å². The lowest BCUT2D eigenvalue weighted by molar-refractivity contribution is 0.344. The van der Waals surface area contributed by atoms with Crippen LogP contribution in [0.4, 0.5) is 0 Å². The Morgan fingerprint density at radius 2 is 1.97 bits per heavy atom. The van der Waals surface area contributed by atoms with Crippen LogP contribution in [0.2, 0.25) is 0 Å². The first-order valence-electron chi connectivity index (χ1n) is 9.86. The Balaban J connectivity index is 1.55. The van der Waals surface area contributed by atoms with Crippen LogP contribution < -0.4 is 4.72 Å². The van der Waals surface area contributed by atoms with Gasteiger partial charge < -0.3 is 9.09 Å². The zero-order valence-electron chi connectivity index (χ0n) is 16.6. The van der Waals surface area contributed by atoms with E-state index in [1.54, 1.807) is 31.5 Å². The maximum absolute atomic E-state index is 13.0. The summed E-state index contributed by atoms with van der Waals surface area (Å²) < 4.78 is 36.0. The average Bonchev–Trinajstić information content (AvgIpc) is 3.36. The van der Waals surface area contributed by atoms with E-state index in [2.05, 4.69) is 20.1 Å². The molecule has 9 heteroatoms. The summed E-state index contributed by atoms with van der Waals surface area (Å²) in [5, 5.41) is 12.0. The van der Waals surface area contributed by atoms with Crippen LogP contribution in [0.25, 0.3) is 11.3 Å². The number of benzene rings is 1. The van der Waals surface area contributed by atoms with Gasteiger partial charge in [-0.15, -0.1) is 10.2 Å². The largest absolute Gasteiger partial charge is 0.356 e. The van der Waals surface area contributed by atoms with Crippen molar-refractivity contribution < 1.29 is 12.9 Å². The van der Waals surface area contributed by atoms with Gasteiger partial charge in [-0.1, -0.05) is 36.6 Å². The highest BCUT2D eigenvalue weighted by molar-refractivity contribution is 7.89. The van der Waals surface area contributed by atoms with Gasteiger partial charge in [0.1, 0.15) is 12.2 Å². The lowest BCUT2D eigenvalue weighted by atomic mass is 9.95. The van der Waals surface area contributed by atoms with E-state index in [9.17, 15) is 8.42 Å². The molecule has 0 saturated heterocycles. The maximum Gasteiger partial charge on any atom is 0.241 e. The third-order valence-corrected chi connectivity index (χ3v) is 6.97. The van der Waals surface area contributed by atoms with Crippen LogP contribution in [-0.4, -0.2) is 28.3 Å². The number of rotatable bonds is 6. The molecule has 1 aliphatic rings. The topological polar surface area (TPSA) is 103 Å². The fourth-order valence-corrected chi connectivity index (χ4v) is 5.09. The Labute approximate surface area is 170 Å². The van der Waals surface area contributed by atoms with Crippen LogP contribution in [-0.2, 0) is 16.6 Å². The van der Waals surface area contributed by atoms with Crippen molar-refractivity contribution in [3.8, 4) is 11.3 Å². The molecular formula is C20H25N5O3S. The van der Waals surface area contributed by atoms with Crippen molar-refractivity contribution in [2.24, 2.45) is 0 Å². The second-order valence-corrected chi connectivity index (χ2v) is 9.32. The van der Waals surface area contributed by atoms with Gasteiger partial charge in [0, 0.05) is 17.7 Å². The Hall–Kier alpha value is -2.52. The molecule has 0 radical (unpaired) electrons. The zero-order valence-corrected chi connectivity index (χ0v) is 17.4. The molecule has 1 fully saturated rings. The Morgan fingerprint density at radius 3 is 2.69 bits per heavy atom. The molecule has 0 spiro atoms. The Morgan fingerprint density at radius 1 is 1.17 bits per heavy atom. The SMILES string of the molecule is Cc1cc(-c2ccc(C)c(S(=O)(=O)NCc3nncn3C3CCCCC3)c2)on1. The summed E-state index contributed by atoms with van der Waals surface area (Å²) in [6, 6.07) is 7.34. The first kappa shape index (κ1) is 19.8. The molecule has 1 aromatic carbocycles. The van der Waals surface area contributed by atoms with Gasteiger partial charge in [0.05, 0.1) is 17.1 Å². The van der Waals surface area contributed by atoms with Gasteiger partial charge in [-0.2, -0.15) is 0 Å². The Kier molecular flexibility index (Phi) is 5.51. The molecule has 2 heterocycles. The molecule has 0 bridgehead atoms. The minimum absolute atomic E-state index is 0.101. The molecule has 1 aliphatic carbocycles. The highest BCUT2D eigenvalue weighted by Gasteiger charge is 2.22. The number of hydrogen-bond donors (Lipinski definition) is 1. The summed E-state index contributed by atoms with van der Waals surface area (Å²) in [4.78, 5) is 0.216. The number of hydrogen-bond acceptors (Lipinski definition) is 6. The summed E-state index contributed by atoms with van der Waals surface area (Å²) in [6.45, 7) is 3.70. The monoisotopic (exact) mass is 415 g/mol. The van der Waals surface area contributed by atoms with E-state index in [0.717, 1.165) is 18.5 Å². The molecule has 4 rings (SSSR count). The van der Waals surface area contributed by atoms with Gasteiger partial charge in [0.15, 0.2) is 5.76 Å². The van der Waals surface area contributed by atoms with Gasteiger partial charge in [0.2, 0.25) is 10.0 Å². The summed E-state index contributed by atoms with van der Waals surface area (Å²) in [5.74, 6) is 1.18. The van der Waals surface area contributed by atoms with Crippen LogP contribution >= 0.6 is 0 Å². The third kappa shape index (κ3) is 4.25. The van der Waals surface area contributed by atoms with Crippen molar-refractivity contribution in [1.29, 1.82) is 0 Å². The second-order valence-electron chi connectivity index (χ2n) is 7.58. The lowest BCUT2D eigenvalue weighted by Crippen LogP contribution is -2.26. The van der Waals surface area contributed by atoms with E-state index in [1.807, 2.05) is 17.6 Å². The number of nitrogens with zero attached hydrogens (tertiary/aromatic N) is 4. The number of nitrogens with one attached hydrogen (secondary N) is 1. The number of sulfonamides is 1. The van der Waals surface area contributed by atoms with E-state index in [0.29, 0.717) is 28.8 Å². The predicted octanol–water partition coefficient (Wildman–Crippen LogP) is 3.53. The molecule has 0 atom stereocenters. The van der Waals surface area contributed by atoms with Crippen molar-refractivity contribution in [3.05, 3.63) is 47.7 Å². The zero-order chi connectivity index (χ0) is 20.4. The normalized spacial score (nSPS) is 15.7. The van der Waals surface area contributed by atoms with E-state index in [4.69, 9.17) is 4.52 Å². The van der Waals surface area contributed by atoms with Gasteiger partial charge in [-0.25, -0.2) is 13.1 Å². The second kappa shape index (κ2) is 8.08. The van der Waals surface area contributed by atoms with Crippen LogP contribution in [0.15, 0.2) is 40.0 Å². The number of aryl methyl sites for hydroxylation is 2. The van der Waals surface area contributed by atoms with E-state index in [-0.39, 0.29) is 11.4 Å². The van der Waals surface area contributed by atoms with Crippen molar-refractivity contribution in [3.63, 3.8) is 0 Å². The standard InChI is InChI=1S/C20H25N5O3S/c1-14-8-9-16(18-10-15(2)24-28-18)11-19(14)29(26,27)22-12-20-23-21-13-25(20)17-6-4-3-5-7-17/h8-11,13,17,22H,3-7,12H2,1-2H3. The summed E-state index contributed by atoms with van der Waals surface area (Å²) >= 11 is 0. The fraction of sp³-hybridized carbons (Fsp3) is 0.450. The van der Waals surface area contributed by atoms with E-state index >= 15 is 0 Å². The Bertz CT molecular complexity index is 1100. The average molecular weight is 416 g/mol. The van der Waals surface area contributed by atoms with Gasteiger partial charge >= 0.3 is 0 Å². The van der Waals surface area contributed by atoms with E-state index in [1.165, 1.54) is 19.3 Å². The van der Waals surface area contributed by atoms with Crippen molar-refractivity contribution in [2.45, 2.75) is 63.4 Å². The lowest BCUT2D eigenvalue weighted by Gasteiger charge is -2.24. The summed E-state index contributed by atoms with van der Waals surface area (Å²) in [5.41, 5.74) is 2.07. The molecule has 0 unspecified atom stereocenters. The van der Waals surface area contributed by atoms with Gasteiger partial charge in [-0.3, -0.25) is 0 Å². The van der Waals surface area contributed by atoms with E-state index < -0.39 is 10.0 Å². The molecule has 8 nitrogen and oxygen atoms in total. The van der Waals surface area contributed by atoms with Crippen molar-refractivity contribution >= 4 is 10.0 Å². The smallest absolute Gasteiger partial charge is 0.241 e. The first-order chi connectivity index (χ1) is 13.9. The van der Waals surface area contributed by atoms with Crippen molar-refractivity contribution in [2.75, 3.05) is 0 Å². The molecule has 2 aromatic heterocycles. The fourth-order valence-electron chi connectivity index (χ4n) is 3.84. The quantitative estimate of drug-likeness (QED) is 0.661. The highest BCUT2D eigenvalue weighted by atomic mass is 32.2. The molecule has 0 aliphatic heterocycles. The summed E-state index contributed by atoms with van der Waals surface area (Å²) in [6.07, 6.45) is 7.48. The molecule has 3 aromatic rings. The minimum atomic E-state index is -3.73. The van der Waals surface area contributed by atoms with Crippen LogP contribution in [0.1, 0.15) is 55.2 Å². The first-order valence-corrected chi connectivity index (χ1v) is 11.3. The molecule has 154 valence electrons. The number of aromatic nitrogens is 4. The molecule has 29 heavy (non-hydrogen) atoms. The van der Waals surface area contributed by atoms with Gasteiger partial charge in [0.25, 0.3) is 0 Å². The molecule has 0 amide bonds. The van der Waals surface area contributed by atoms with Crippen LogP contribution in [0, 0.1) is 13.8 Å².